The Morgan fingerprint density at radius 2 is 1.94 bits per heavy atom. The molecule has 1 fully saturated rings. The molecule has 0 spiro atoms. The molecule has 3 heterocycles. The van der Waals surface area contributed by atoms with E-state index >= 15 is 0 Å². The SMILES string of the molecule is COc1ccccc1CN1CCC(NC(=O)c2sc3nc(C(F)(F)F)ccc3c2C)CC1. The van der Waals surface area contributed by atoms with Crippen molar-refractivity contribution in [3.8, 4) is 5.75 Å². The minimum Gasteiger partial charge on any atom is -0.496 e. The lowest BCUT2D eigenvalue weighted by Gasteiger charge is -2.32. The van der Waals surface area contributed by atoms with Gasteiger partial charge in [-0.1, -0.05) is 18.2 Å². The van der Waals surface area contributed by atoms with Gasteiger partial charge in [-0.25, -0.2) is 4.98 Å². The second kappa shape index (κ2) is 9.07. The number of alkyl halides is 3. The first-order valence-corrected chi connectivity index (χ1v) is 11.2. The molecule has 0 atom stereocenters. The number of hydrogen-bond acceptors (Lipinski definition) is 5. The molecule has 1 amide bonds. The molecule has 4 rings (SSSR count). The Morgan fingerprint density at radius 3 is 2.62 bits per heavy atom. The highest BCUT2D eigenvalue weighted by Crippen LogP contribution is 2.34. The molecule has 3 aromatic rings. The van der Waals surface area contributed by atoms with Crippen LogP contribution in [0.1, 0.15) is 39.3 Å². The number of rotatable bonds is 5. The summed E-state index contributed by atoms with van der Waals surface area (Å²) in [7, 11) is 1.66. The van der Waals surface area contributed by atoms with Gasteiger partial charge in [0.25, 0.3) is 5.91 Å². The van der Waals surface area contributed by atoms with Gasteiger partial charge < -0.3 is 10.1 Å². The number of benzene rings is 1. The average molecular weight is 464 g/mol. The molecule has 0 bridgehead atoms. The third-order valence-corrected chi connectivity index (χ3v) is 7.01. The Balaban J connectivity index is 1.39. The second-order valence-electron chi connectivity index (χ2n) is 7.94. The zero-order valence-electron chi connectivity index (χ0n) is 17.8. The predicted molar refractivity (Wildman–Crippen MR) is 118 cm³/mol. The zero-order valence-corrected chi connectivity index (χ0v) is 18.6. The van der Waals surface area contributed by atoms with Crippen LogP contribution in [0.5, 0.6) is 5.75 Å². The van der Waals surface area contributed by atoms with Gasteiger partial charge in [-0.2, -0.15) is 13.2 Å². The van der Waals surface area contributed by atoms with Gasteiger partial charge in [0.15, 0.2) is 0 Å². The van der Waals surface area contributed by atoms with E-state index in [1.54, 1.807) is 14.0 Å². The standard InChI is InChI=1S/C23H24F3N3O2S/c1-14-17-7-8-19(23(24,25)26)28-22(17)32-20(14)21(30)27-16-9-11-29(12-10-16)13-15-5-3-4-6-18(15)31-2/h3-8,16H,9-13H2,1-2H3,(H,27,30). The smallest absolute Gasteiger partial charge is 0.433 e. The molecule has 1 aliphatic heterocycles. The maximum absolute atomic E-state index is 13.0. The summed E-state index contributed by atoms with van der Waals surface area (Å²) in [6.45, 7) is 4.21. The Kier molecular flexibility index (Phi) is 6.39. The molecule has 1 aromatic carbocycles. The molecule has 1 saturated heterocycles. The minimum atomic E-state index is -4.51. The van der Waals surface area contributed by atoms with Gasteiger partial charge in [0.1, 0.15) is 16.3 Å². The number of para-hydroxylation sites is 1. The number of hydrogen-bond donors (Lipinski definition) is 1. The van der Waals surface area contributed by atoms with Gasteiger partial charge in [0, 0.05) is 36.6 Å². The molecule has 1 N–H and O–H groups in total. The minimum absolute atomic E-state index is 0.0275. The molecular formula is C23H24F3N3O2S. The van der Waals surface area contributed by atoms with Crippen molar-refractivity contribution < 1.29 is 22.7 Å². The summed E-state index contributed by atoms with van der Waals surface area (Å²) in [5.41, 5.74) is 0.849. The first-order chi connectivity index (χ1) is 15.3. The number of piperidine rings is 1. The van der Waals surface area contributed by atoms with Gasteiger partial charge in [0.05, 0.1) is 12.0 Å². The topological polar surface area (TPSA) is 54.5 Å². The number of amides is 1. The lowest BCUT2D eigenvalue weighted by atomic mass is 10.0. The molecule has 0 radical (unpaired) electrons. The van der Waals surface area contributed by atoms with Gasteiger partial charge in [-0.05, 0) is 43.5 Å². The van der Waals surface area contributed by atoms with E-state index in [0.29, 0.717) is 15.8 Å². The van der Waals surface area contributed by atoms with Crippen LogP contribution in [-0.4, -0.2) is 42.0 Å². The maximum Gasteiger partial charge on any atom is 0.433 e. The summed E-state index contributed by atoms with van der Waals surface area (Å²) < 4.78 is 44.3. The highest BCUT2D eigenvalue weighted by Gasteiger charge is 2.33. The summed E-state index contributed by atoms with van der Waals surface area (Å²) in [5.74, 6) is 0.618. The van der Waals surface area contributed by atoms with Crippen molar-refractivity contribution in [1.29, 1.82) is 0 Å². The fourth-order valence-corrected chi connectivity index (χ4v) is 5.12. The van der Waals surface area contributed by atoms with Gasteiger partial charge in [-0.3, -0.25) is 9.69 Å². The van der Waals surface area contributed by atoms with E-state index in [2.05, 4.69) is 21.3 Å². The number of nitrogens with one attached hydrogen (secondary N) is 1. The molecule has 170 valence electrons. The molecule has 0 aliphatic carbocycles. The van der Waals surface area contributed by atoms with E-state index < -0.39 is 11.9 Å². The summed E-state index contributed by atoms with van der Waals surface area (Å²) in [6.07, 6.45) is -2.89. The van der Waals surface area contributed by atoms with Crippen LogP contribution in [0.2, 0.25) is 0 Å². The number of carbonyl (C=O) groups excluding carboxylic acids is 1. The number of likely N-dealkylation sites (tertiary alicyclic amines) is 1. The fourth-order valence-electron chi connectivity index (χ4n) is 4.03. The number of aromatic nitrogens is 1. The lowest BCUT2D eigenvalue weighted by Crippen LogP contribution is -2.44. The molecule has 2 aromatic heterocycles. The Bertz CT molecular complexity index is 1120. The van der Waals surface area contributed by atoms with Crippen LogP contribution in [-0.2, 0) is 12.7 Å². The fraction of sp³-hybridized carbons (Fsp3) is 0.391. The Labute approximate surface area is 188 Å². The van der Waals surface area contributed by atoms with Crippen LogP contribution < -0.4 is 10.1 Å². The van der Waals surface area contributed by atoms with E-state index in [0.717, 1.165) is 61.2 Å². The Hall–Kier alpha value is -2.65. The van der Waals surface area contributed by atoms with Gasteiger partial charge >= 0.3 is 6.18 Å². The van der Waals surface area contributed by atoms with Crippen molar-refractivity contribution in [1.82, 2.24) is 15.2 Å². The van der Waals surface area contributed by atoms with Crippen molar-refractivity contribution in [3.05, 3.63) is 58.1 Å². The molecule has 32 heavy (non-hydrogen) atoms. The largest absolute Gasteiger partial charge is 0.496 e. The number of aryl methyl sites for hydroxylation is 1. The monoisotopic (exact) mass is 463 g/mol. The summed E-state index contributed by atoms with van der Waals surface area (Å²) in [6, 6.07) is 10.3. The first kappa shape index (κ1) is 22.5. The predicted octanol–water partition coefficient (Wildman–Crippen LogP) is 5.03. The lowest BCUT2D eigenvalue weighted by molar-refractivity contribution is -0.140. The number of nitrogens with zero attached hydrogens (tertiary/aromatic N) is 2. The molecular weight excluding hydrogens is 439 g/mol. The summed E-state index contributed by atoms with van der Waals surface area (Å²) in [5, 5.41) is 3.64. The van der Waals surface area contributed by atoms with Crippen LogP contribution in [0.25, 0.3) is 10.2 Å². The molecule has 1 aliphatic rings. The number of pyridine rings is 1. The van der Waals surface area contributed by atoms with E-state index in [1.807, 2.05) is 18.2 Å². The normalized spacial score (nSPS) is 15.8. The average Bonchev–Trinajstić information content (AvgIpc) is 3.11. The highest BCUT2D eigenvalue weighted by atomic mass is 32.1. The van der Waals surface area contributed by atoms with Crippen LogP contribution in [0, 0.1) is 6.92 Å². The number of carbonyl (C=O) groups is 1. The van der Waals surface area contributed by atoms with Gasteiger partial charge in [-0.15, -0.1) is 11.3 Å². The highest BCUT2D eigenvalue weighted by molar-refractivity contribution is 7.20. The second-order valence-corrected chi connectivity index (χ2v) is 8.94. The van der Waals surface area contributed by atoms with Crippen molar-refractivity contribution >= 4 is 27.5 Å². The summed E-state index contributed by atoms with van der Waals surface area (Å²) in [4.78, 5) is 19.6. The van der Waals surface area contributed by atoms with Crippen LogP contribution in [0.3, 0.4) is 0 Å². The van der Waals surface area contributed by atoms with Crippen LogP contribution in [0.4, 0.5) is 13.2 Å². The van der Waals surface area contributed by atoms with Crippen molar-refractivity contribution in [3.63, 3.8) is 0 Å². The van der Waals surface area contributed by atoms with Crippen LogP contribution >= 0.6 is 11.3 Å². The number of fused-ring (bicyclic) bond motifs is 1. The number of ether oxygens (including phenoxy) is 1. The number of methoxy groups -OCH3 is 1. The maximum atomic E-state index is 13.0. The molecule has 5 nitrogen and oxygen atoms in total. The molecule has 0 unspecified atom stereocenters. The summed E-state index contributed by atoms with van der Waals surface area (Å²) >= 11 is 1.01. The number of thiophene rings is 1. The first-order valence-electron chi connectivity index (χ1n) is 10.4. The zero-order chi connectivity index (χ0) is 22.9. The van der Waals surface area contributed by atoms with Crippen molar-refractivity contribution in [2.45, 2.75) is 38.5 Å². The third-order valence-electron chi connectivity index (χ3n) is 5.81. The van der Waals surface area contributed by atoms with Gasteiger partial charge in [0.2, 0.25) is 0 Å². The van der Waals surface area contributed by atoms with Crippen molar-refractivity contribution in [2.24, 2.45) is 0 Å². The van der Waals surface area contributed by atoms with Crippen molar-refractivity contribution in [2.75, 3.05) is 20.2 Å². The third kappa shape index (κ3) is 4.73. The molecule has 9 heteroatoms. The quantitative estimate of drug-likeness (QED) is 0.577. The van der Waals surface area contributed by atoms with E-state index in [1.165, 1.54) is 6.07 Å². The number of halogens is 3. The Morgan fingerprint density at radius 1 is 1.22 bits per heavy atom. The van der Waals surface area contributed by atoms with Crippen LogP contribution in [0.15, 0.2) is 36.4 Å². The van der Waals surface area contributed by atoms with E-state index in [-0.39, 0.29) is 16.8 Å². The molecule has 0 saturated carbocycles. The van der Waals surface area contributed by atoms with E-state index in [4.69, 9.17) is 4.74 Å². The van der Waals surface area contributed by atoms with E-state index in [9.17, 15) is 18.0 Å².